The van der Waals surface area contributed by atoms with Gasteiger partial charge in [-0.05, 0) is 39.3 Å². The number of nitrogens with zero attached hydrogens (tertiary/aromatic N) is 2. The summed E-state index contributed by atoms with van der Waals surface area (Å²) in [6, 6.07) is 7.35. The summed E-state index contributed by atoms with van der Waals surface area (Å²) in [6.07, 6.45) is 0.0453. The van der Waals surface area contributed by atoms with Crippen LogP contribution in [0.5, 0.6) is 0 Å². The summed E-state index contributed by atoms with van der Waals surface area (Å²) >= 11 is 6.98. The second-order valence-electron chi connectivity index (χ2n) is 5.87. The Balaban J connectivity index is 2.53. The smallest absolute Gasteiger partial charge is 0.421 e. The number of aryl methyl sites for hydroxylation is 1. The number of para-hydroxylation sites is 1. The number of anilines is 2. The molecule has 0 aliphatic heterocycles. The Hall–Kier alpha value is -1.92. The zero-order valence-corrected chi connectivity index (χ0v) is 14.9. The highest BCUT2D eigenvalue weighted by Crippen LogP contribution is 2.35. The molecule has 0 N–H and O–H groups in total. The van der Waals surface area contributed by atoms with E-state index >= 15 is 0 Å². The van der Waals surface area contributed by atoms with E-state index in [2.05, 4.69) is 4.98 Å². The molecule has 1 amide bonds. The first kappa shape index (κ1) is 17.4. The highest BCUT2D eigenvalue weighted by Gasteiger charge is 2.29. The SMILES string of the molecule is Cc1ccccc1N(C(=O)OC(C)(C)C)c1nc(Cl)c(C=O)s1. The van der Waals surface area contributed by atoms with E-state index in [9.17, 15) is 9.59 Å². The Labute approximate surface area is 143 Å². The number of hydrogen-bond donors (Lipinski definition) is 0. The average molecular weight is 353 g/mol. The average Bonchev–Trinajstić information content (AvgIpc) is 2.80. The molecule has 0 spiro atoms. The van der Waals surface area contributed by atoms with E-state index in [1.165, 1.54) is 4.90 Å². The fourth-order valence-corrected chi connectivity index (χ4v) is 2.94. The number of halogens is 1. The summed E-state index contributed by atoms with van der Waals surface area (Å²) < 4.78 is 5.47. The third kappa shape index (κ3) is 4.09. The largest absolute Gasteiger partial charge is 0.443 e. The van der Waals surface area contributed by atoms with Gasteiger partial charge < -0.3 is 4.74 Å². The van der Waals surface area contributed by atoms with Crippen molar-refractivity contribution in [1.29, 1.82) is 0 Å². The van der Waals surface area contributed by atoms with E-state index in [0.717, 1.165) is 16.9 Å². The van der Waals surface area contributed by atoms with Crippen molar-refractivity contribution >= 4 is 46.1 Å². The number of ether oxygens (including phenoxy) is 1. The summed E-state index contributed by atoms with van der Waals surface area (Å²) in [5.41, 5.74) is 0.842. The molecule has 0 saturated carbocycles. The lowest BCUT2D eigenvalue weighted by Gasteiger charge is -2.26. The monoisotopic (exact) mass is 352 g/mol. The van der Waals surface area contributed by atoms with Crippen molar-refractivity contribution in [2.24, 2.45) is 0 Å². The molecule has 1 aromatic heterocycles. The van der Waals surface area contributed by atoms with Crippen molar-refractivity contribution in [3.05, 3.63) is 39.9 Å². The quantitative estimate of drug-likeness (QED) is 0.730. The van der Waals surface area contributed by atoms with Crippen LogP contribution in [-0.2, 0) is 4.74 Å². The minimum Gasteiger partial charge on any atom is -0.443 e. The third-order valence-corrected chi connectivity index (χ3v) is 4.20. The zero-order valence-electron chi connectivity index (χ0n) is 13.3. The van der Waals surface area contributed by atoms with Crippen molar-refractivity contribution < 1.29 is 14.3 Å². The maximum Gasteiger partial charge on any atom is 0.421 e. The van der Waals surface area contributed by atoms with Crippen LogP contribution < -0.4 is 4.90 Å². The van der Waals surface area contributed by atoms with Gasteiger partial charge in [0.25, 0.3) is 0 Å². The molecule has 2 aromatic rings. The van der Waals surface area contributed by atoms with Gasteiger partial charge in [-0.2, -0.15) is 0 Å². The molecule has 0 fully saturated rings. The van der Waals surface area contributed by atoms with Gasteiger partial charge in [-0.3, -0.25) is 4.79 Å². The first-order valence-corrected chi connectivity index (χ1v) is 8.12. The number of aldehydes is 1. The molecule has 0 saturated heterocycles. The van der Waals surface area contributed by atoms with Gasteiger partial charge in [0.05, 0.1) is 5.69 Å². The number of aromatic nitrogens is 1. The molecule has 0 bridgehead atoms. The lowest BCUT2D eigenvalue weighted by Crippen LogP contribution is -2.34. The van der Waals surface area contributed by atoms with Gasteiger partial charge >= 0.3 is 6.09 Å². The number of rotatable bonds is 3. The van der Waals surface area contributed by atoms with Gasteiger partial charge in [0.2, 0.25) is 5.13 Å². The number of carbonyl (C=O) groups excluding carboxylic acids is 2. The highest BCUT2D eigenvalue weighted by atomic mass is 35.5. The van der Waals surface area contributed by atoms with Crippen molar-refractivity contribution in [2.45, 2.75) is 33.3 Å². The molecule has 0 atom stereocenters. The van der Waals surface area contributed by atoms with Crippen LogP contribution in [-0.4, -0.2) is 23.0 Å². The number of thiazole rings is 1. The molecule has 122 valence electrons. The second-order valence-corrected chi connectivity index (χ2v) is 7.24. The first-order chi connectivity index (χ1) is 10.7. The highest BCUT2D eigenvalue weighted by molar-refractivity contribution is 7.18. The van der Waals surface area contributed by atoms with Crippen molar-refractivity contribution in [3.8, 4) is 0 Å². The Kier molecular flexibility index (Phi) is 5.06. The van der Waals surface area contributed by atoms with Gasteiger partial charge in [0.1, 0.15) is 10.5 Å². The molecule has 0 unspecified atom stereocenters. The van der Waals surface area contributed by atoms with Crippen LogP contribution >= 0.6 is 22.9 Å². The fraction of sp³-hybridized carbons (Fsp3) is 0.312. The van der Waals surface area contributed by atoms with Crippen LogP contribution in [0.4, 0.5) is 15.6 Å². The molecular weight excluding hydrogens is 336 g/mol. The van der Waals surface area contributed by atoms with Gasteiger partial charge in [0, 0.05) is 0 Å². The van der Waals surface area contributed by atoms with E-state index in [-0.39, 0.29) is 10.0 Å². The van der Waals surface area contributed by atoms with Crippen molar-refractivity contribution in [1.82, 2.24) is 4.98 Å². The van der Waals surface area contributed by atoms with Crippen LogP contribution in [0, 0.1) is 6.92 Å². The summed E-state index contributed by atoms with van der Waals surface area (Å²) in [6.45, 7) is 7.23. The van der Waals surface area contributed by atoms with E-state index in [1.54, 1.807) is 26.8 Å². The topological polar surface area (TPSA) is 59.5 Å². The van der Waals surface area contributed by atoms with Crippen LogP contribution in [0.25, 0.3) is 0 Å². The lowest BCUT2D eigenvalue weighted by atomic mass is 10.2. The minimum absolute atomic E-state index is 0.0714. The Bertz CT molecular complexity index is 737. The van der Waals surface area contributed by atoms with Gasteiger partial charge in [-0.25, -0.2) is 14.7 Å². The number of benzene rings is 1. The molecule has 1 aromatic carbocycles. The van der Waals surface area contributed by atoms with Gasteiger partial charge in [-0.15, -0.1) is 0 Å². The molecule has 23 heavy (non-hydrogen) atoms. The summed E-state index contributed by atoms with van der Waals surface area (Å²) in [5, 5.41) is 0.364. The number of amides is 1. The minimum atomic E-state index is -0.660. The van der Waals surface area contributed by atoms with Crippen LogP contribution in [0.3, 0.4) is 0 Å². The van der Waals surface area contributed by atoms with E-state index in [4.69, 9.17) is 16.3 Å². The van der Waals surface area contributed by atoms with Crippen LogP contribution in [0.1, 0.15) is 36.0 Å². The summed E-state index contributed by atoms with van der Waals surface area (Å²) in [7, 11) is 0. The van der Waals surface area contributed by atoms with E-state index < -0.39 is 11.7 Å². The van der Waals surface area contributed by atoms with Gasteiger partial charge in [0.15, 0.2) is 11.4 Å². The van der Waals surface area contributed by atoms with Gasteiger partial charge in [-0.1, -0.05) is 41.1 Å². The maximum atomic E-state index is 12.7. The predicted octanol–water partition coefficient (Wildman–Crippen LogP) is 4.99. The molecule has 0 aliphatic rings. The molecule has 0 radical (unpaired) electrons. The number of carbonyl (C=O) groups is 2. The second kappa shape index (κ2) is 6.68. The molecule has 2 rings (SSSR count). The molecule has 0 aliphatic carbocycles. The molecule has 5 nitrogen and oxygen atoms in total. The summed E-state index contributed by atoms with van der Waals surface area (Å²) in [4.78, 5) is 29.4. The van der Waals surface area contributed by atoms with Crippen LogP contribution in [0.15, 0.2) is 24.3 Å². The van der Waals surface area contributed by atoms with Crippen LogP contribution in [0.2, 0.25) is 5.15 Å². The third-order valence-electron chi connectivity index (χ3n) is 2.83. The molecule has 1 heterocycles. The first-order valence-electron chi connectivity index (χ1n) is 6.93. The normalized spacial score (nSPS) is 11.2. The van der Waals surface area contributed by atoms with Crippen molar-refractivity contribution in [2.75, 3.05) is 4.90 Å². The fourth-order valence-electron chi connectivity index (χ4n) is 1.87. The Morgan fingerprint density at radius 2 is 2.00 bits per heavy atom. The molecule has 7 heteroatoms. The molecular formula is C16H17ClN2O3S. The summed E-state index contributed by atoms with van der Waals surface area (Å²) in [5.74, 6) is 0. The standard InChI is InChI=1S/C16H17ClN2O3S/c1-10-7-5-6-8-11(10)19(15(21)22-16(2,3)4)14-18-13(17)12(9-20)23-14/h5-9H,1-4H3. The van der Waals surface area contributed by atoms with Crippen molar-refractivity contribution in [3.63, 3.8) is 0 Å². The lowest BCUT2D eigenvalue weighted by molar-refractivity contribution is 0.0598. The Morgan fingerprint density at radius 1 is 1.35 bits per heavy atom. The maximum absolute atomic E-state index is 12.7. The zero-order chi connectivity index (χ0) is 17.2. The van der Waals surface area contributed by atoms with E-state index in [0.29, 0.717) is 17.1 Å². The Morgan fingerprint density at radius 3 is 2.52 bits per heavy atom. The number of hydrogen-bond acceptors (Lipinski definition) is 5. The predicted molar refractivity (Wildman–Crippen MR) is 92.1 cm³/mol. The van der Waals surface area contributed by atoms with E-state index in [1.807, 2.05) is 25.1 Å².